The Labute approximate surface area is 167 Å². The summed E-state index contributed by atoms with van der Waals surface area (Å²) in [5.74, 6) is 1.55. The number of aryl methyl sites for hydroxylation is 1. The Morgan fingerprint density at radius 3 is 2.68 bits per heavy atom. The molecule has 0 N–H and O–H groups in total. The first-order valence-corrected chi connectivity index (χ1v) is 10.1. The van der Waals surface area contributed by atoms with Crippen molar-refractivity contribution < 1.29 is 9.53 Å². The molecule has 1 fully saturated rings. The summed E-state index contributed by atoms with van der Waals surface area (Å²) in [6.07, 6.45) is 5.49. The molecule has 1 aliphatic rings. The first-order chi connectivity index (χ1) is 13.6. The molecule has 1 saturated heterocycles. The lowest BCUT2D eigenvalue weighted by molar-refractivity contribution is -0.134. The molecule has 2 aromatic rings. The van der Waals surface area contributed by atoms with E-state index in [9.17, 15) is 4.79 Å². The van der Waals surface area contributed by atoms with Crippen LogP contribution in [-0.4, -0.2) is 54.3 Å². The first kappa shape index (κ1) is 20.1. The number of anilines is 1. The first-order valence-electron chi connectivity index (χ1n) is 10.1. The largest absolute Gasteiger partial charge is 0.471 e. The predicted molar refractivity (Wildman–Crippen MR) is 111 cm³/mol. The Kier molecular flexibility index (Phi) is 7.23. The van der Waals surface area contributed by atoms with Crippen LogP contribution in [-0.2, 0) is 11.2 Å². The summed E-state index contributed by atoms with van der Waals surface area (Å²) in [4.78, 5) is 16.4. The molecule has 0 bridgehead atoms. The zero-order chi connectivity index (χ0) is 19.8. The van der Waals surface area contributed by atoms with Gasteiger partial charge in [0.25, 0.3) is 0 Å². The molecule has 1 aromatic heterocycles. The number of nitrogens with zero attached hydrogens (tertiary/aromatic N) is 4. The zero-order valence-electron chi connectivity index (χ0n) is 16.9. The lowest BCUT2D eigenvalue weighted by Crippen LogP contribution is -2.44. The highest BCUT2D eigenvalue weighted by Crippen LogP contribution is 2.19. The normalized spacial score (nSPS) is 16.6. The van der Waals surface area contributed by atoms with Crippen LogP contribution < -0.4 is 9.64 Å². The Morgan fingerprint density at radius 1 is 1.14 bits per heavy atom. The van der Waals surface area contributed by atoms with Gasteiger partial charge in [-0.2, -0.15) is 0 Å². The average Bonchev–Trinajstić information content (AvgIpc) is 2.72. The third-order valence-corrected chi connectivity index (χ3v) is 5.05. The molecule has 1 aromatic carbocycles. The van der Waals surface area contributed by atoms with Crippen LogP contribution >= 0.6 is 0 Å². The number of unbranched alkanes of at least 4 members (excludes halogenated alkanes) is 1. The molecule has 150 valence electrons. The molecule has 6 heteroatoms. The van der Waals surface area contributed by atoms with Gasteiger partial charge in [-0.1, -0.05) is 30.3 Å². The van der Waals surface area contributed by atoms with E-state index < -0.39 is 0 Å². The molecule has 28 heavy (non-hydrogen) atoms. The fourth-order valence-corrected chi connectivity index (χ4v) is 3.45. The summed E-state index contributed by atoms with van der Waals surface area (Å²) in [6, 6.07) is 14.2. The van der Waals surface area contributed by atoms with Crippen molar-refractivity contribution in [3.63, 3.8) is 0 Å². The second-order valence-electron chi connectivity index (χ2n) is 7.54. The second kappa shape index (κ2) is 10.1. The van der Waals surface area contributed by atoms with Gasteiger partial charge in [0.05, 0.1) is 6.54 Å². The number of ether oxygens (including phenoxy) is 1. The van der Waals surface area contributed by atoms with Crippen LogP contribution in [0.5, 0.6) is 5.88 Å². The predicted octanol–water partition coefficient (Wildman–Crippen LogP) is 3.33. The van der Waals surface area contributed by atoms with Gasteiger partial charge in [-0.25, -0.2) is 0 Å². The lowest BCUT2D eigenvalue weighted by Gasteiger charge is -2.32. The minimum Gasteiger partial charge on any atom is -0.471 e. The fourth-order valence-electron chi connectivity index (χ4n) is 3.45. The number of hydrogen-bond donors (Lipinski definition) is 0. The van der Waals surface area contributed by atoms with Crippen LogP contribution in [0.2, 0.25) is 0 Å². The third kappa shape index (κ3) is 5.94. The van der Waals surface area contributed by atoms with Crippen molar-refractivity contribution in [1.29, 1.82) is 0 Å². The summed E-state index contributed by atoms with van der Waals surface area (Å²) in [6.45, 7) is 1.46. The number of aromatic nitrogens is 2. The van der Waals surface area contributed by atoms with Gasteiger partial charge in [-0.3, -0.25) is 4.79 Å². The Morgan fingerprint density at radius 2 is 1.96 bits per heavy atom. The highest BCUT2D eigenvalue weighted by Gasteiger charge is 2.25. The highest BCUT2D eigenvalue weighted by molar-refractivity contribution is 5.76. The minimum absolute atomic E-state index is 0.0125. The molecule has 1 atom stereocenters. The number of benzene rings is 1. The monoisotopic (exact) mass is 382 g/mol. The van der Waals surface area contributed by atoms with Gasteiger partial charge >= 0.3 is 0 Å². The van der Waals surface area contributed by atoms with Gasteiger partial charge in [-0.15, -0.1) is 10.2 Å². The standard InChI is InChI=1S/C22H30N4O2/c1-25(2)20-14-15-21(24-23-20)28-19-12-8-16-26(17-19)22(27)13-7-6-11-18-9-4-3-5-10-18/h3-5,9-10,14-15,19H,6-8,11-13,16-17H2,1-2H3. The van der Waals surface area contributed by atoms with Crippen molar-refractivity contribution in [3.8, 4) is 5.88 Å². The van der Waals surface area contributed by atoms with E-state index >= 15 is 0 Å². The van der Waals surface area contributed by atoms with E-state index in [1.165, 1.54) is 5.56 Å². The molecule has 2 heterocycles. The molecule has 6 nitrogen and oxygen atoms in total. The molecule has 1 amide bonds. The van der Waals surface area contributed by atoms with Crippen molar-refractivity contribution in [3.05, 3.63) is 48.0 Å². The minimum atomic E-state index is -0.0125. The lowest BCUT2D eigenvalue weighted by atomic mass is 10.1. The number of amides is 1. The SMILES string of the molecule is CN(C)c1ccc(OC2CCCN(C(=O)CCCCc3ccccc3)C2)nn1. The number of carbonyl (C=O) groups is 1. The van der Waals surface area contributed by atoms with E-state index in [1.807, 2.05) is 42.1 Å². The number of carbonyl (C=O) groups excluding carboxylic acids is 1. The fraction of sp³-hybridized carbons (Fsp3) is 0.500. The summed E-state index contributed by atoms with van der Waals surface area (Å²) in [5, 5.41) is 8.28. The maximum atomic E-state index is 12.6. The van der Waals surface area contributed by atoms with Gasteiger partial charge in [0.1, 0.15) is 6.10 Å². The molecule has 0 spiro atoms. The maximum Gasteiger partial charge on any atom is 0.233 e. The summed E-state index contributed by atoms with van der Waals surface area (Å²) in [5.41, 5.74) is 1.34. The average molecular weight is 383 g/mol. The van der Waals surface area contributed by atoms with Crippen molar-refractivity contribution in [2.45, 2.75) is 44.6 Å². The molecule has 0 aliphatic carbocycles. The summed E-state index contributed by atoms with van der Waals surface area (Å²) >= 11 is 0. The molecule has 0 radical (unpaired) electrons. The van der Waals surface area contributed by atoms with Crippen molar-refractivity contribution in [2.24, 2.45) is 0 Å². The Hall–Kier alpha value is -2.63. The van der Waals surface area contributed by atoms with Gasteiger partial charge in [0, 0.05) is 33.1 Å². The molecule has 0 saturated carbocycles. The quantitative estimate of drug-likeness (QED) is 0.656. The van der Waals surface area contributed by atoms with Crippen molar-refractivity contribution in [1.82, 2.24) is 15.1 Å². The molecule has 1 unspecified atom stereocenters. The van der Waals surface area contributed by atoms with Gasteiger partial charge < -0.3 is 14.5 Å². The number of hydrogen-bond acceptors (Lipinski definition) is 5. The van der Waals surface area contributed by atoms with Crippen LogP contribution in [0.25, 0.3) is 0 Å². The maximum absolute atomic E-state index is 12.6. The van der Waals surface area contributed by atoms with E-state index in [0.717, 1.165) is 44.5 Å². The second-order valence-corrected chi connectivity index (χ2v) is 7.54. The number of piperidine rings is 1. The van der Waals surface area contributed by atoms with E-state index in [4.69, 9.17) is 4.74 Å². The smallest absolute Gasteiger partial charge is 0.233 e. The van der Waals surface area contributed by atoms with Crippen LogP contribution in [0, 0.1) is 0 Å². The molecule has 1 aliphatic heterocycles. The third-order valence-electron chi connectivity index (χ3n) is 5.05. The van der Waals surface area contributed by atoms with E-state index in [0.29, 0.717) is 18.8 Å². The topological polar surface area (TPSA) is 58.6 Å². The van der Waals surface area contributed by atoms with E-state index in [1.54, 1.807) is 0 Å². The Balaban J connectivity index is 1.41. The van der Waals surface area contributed by atoms with E-state index in [-0.39, 0.29) is 12.0 Å². The molecular formula is C22H30N4O2. The van der Waals surface area contributed by atoms with Gasteiger partial charge in [0.2, 0.25) is 11.8 Å². The molecule has 3 rings (SSSR count). The zero-order valence-corrected chi connectivity index (χ0v) is 16.9. The molecular weight excluding hydrogens is 352 g/mol. The number of rotatable bonds is 8. The van der Waals surface area contributed by atoms with Crippen LogP contribution in [0.4, 0.5) is 5.82 Å². The van der Waals surface area contributed by atoms with Crippen LogP contribution in [0.15, 0.2) is 42.5 Å². The van der Waals surface area contributed by atoms with Crippen LogP contribution in [0.1, 0.15) is 37.7 Å². The van der Waals surface area contributed by atoms with Crippen molar-refractivity contribution >= 4 is 11.7 Å². The van der Waals surface area contributed by atoms with Gasteiger partial charge in [0.15, 0.2) is 5.82 Å². The van der Waals surface area contributed by atoms with Crippen LogP contribution in [0.3, 0.4) is 0 Å². The highest BCUT2D eigenvalue weighted by atomic mass is 16.5. The van der Waals surface area contributed by atoms with E-state index in [2.05, 4.69) is 34.5 Å². The Bertz CT molecular complexity index is 734. The van der Waals surface area contributed by atoms with Gasteiger partial charge in [-0.05, 0) is 43.7 Å². The summed E-state index contributed by atoms with van der Waals surface area (Å²) in [7, 11) is 3.85. The van der Waals surface area contributed by atoms with Crippen molar-refractivity contribution in [2.75, 3.05) is 32.1 Å². The number of likely N-dealkylation sites (tertiary alicyclic amines) is 1. The summed E-state index contributed by atoms with van der Waals surface area (Å²) < 4.78 is 5.97.